The summed E-state index contributed by atoms with van der Waals surface area (Å²) in [4.78, 5) is 10.9. The maximum Gasteiger partial charge on any atom is 0.251 e. The van der Waals surface area contributed by atoms with Crippen molar-refractivity contribution in [1.29, 1.82) is 0 Å². The van der Waals surface area contributed by atoms with Crippen LogP contribution < -0.4 is 5.73 Å². The number of halogens is 1. The van der Waals surface area contributed by atoms with E-state index in [2.05, 4.69) is 15.9 Å². The second-order valence-corrected chi connectivity index (χ2v) is 3.49. The third-order valence-corrected chi connectivity index (χ3v) is 2.14. The van der Waals surface area contributed by atoms with Crippen LogP contribution in [0.1, 0.15) is 11.7 Å². The highest BCUT2D eigenvalue weighted by Crippen LogP contribution is 2.20. The highest BCUT2D eigenvalue weighted by Gasteiger charge is 2.16. The first-order valence-electron chi connectivity index (χ1n) is 3.72. The van der Waals surface area contributed by atoms with Gasteiger partial charge >= 0.3 is 0 Å². The van der Waals surface area contributed by atoms with Crippen molar-refractivity contribution in [3.63, 3.8) is 0 Å². The summed E-state index contributed by atoms with van der Waals surface area (Å²) in [5, 5.41) is 0. The molecular weight excluding hydrogens is 234 g/mol. The van der Waals surface area contributed by atoms with Gasteiger partial charge in [-0.05, 0) is 17.7 Å². The second kappa shape index (κ2) is 4.39. The fourth-order valence-corrected chi connectivity index (χ4v) is 1.50. The van der Waals surface area contributed by atoms with Gasteiger partial charge in [-0.15, -0.1) is 0 Å². The lowest BCUT2D eigenvalue weighted by Crippen LogP contribution is -2.22. The number of benzene rings is 1. The zero-order chi connectivity index (χ0) is 9.84. The number of nitrogens with two attached hydrogens (primary N) is 1. The lowest BCUT2D eigenvalue weighted by Gasteiger charge is -2.11. The van der Waals surface area contributed by atoms with Crippen LogP contribution in [0.5, 0.6) is 0 Å². The summed E-state index contributed by atoms with van der Waals surface area (Å²) in [6.07, 6.45) is -0.669. The van der Waals surface area contributed by atoms with Crippen LogP contribution >= 0.6 is 15.9 Å². The van der Waals surface area contributed by atoms with Gasteiger partial charge in [0.1, 0.15) is 0 Å². The first-order chi connectivity index (χ1) is 6.15. The molecule has 0 fully saturated rings. The van der Waals surface area contributed by atoms with Gasteiger partial charge in [-0.1, -0.05) is 28.1 Å². The third-order valence-electron chi connectivity index (χ3n) is 1.65. The molecule has 0 bridgehead atoms. The lowest BCUT2D eigenvalue weighted by atomic mass is 10.1. The van der Waals surface area contributed by atoms with Gasteiger partial charge in [0, 0.05) is 11.6 Å². The van der Waals surface area contributed by atoms with E-state index in [1.807, 2.05) is 12.1 Å². The Hall–Kier alpha value is -0.870. The maximum atomic E-state index is 10.9. The molecule has 1 aromatic rings. The molecular formula is C9H10BrNO2. The highest BCUT2D eigenvalue weighted by molar-refractivity contribution is 9.10. The molecule has 0 radical (unpaired) electrons. The molecule has 4 heteroatoms. The topological polar surface area (TPSA) is 52.3 Å². The Morgan fingerprint density at radius 1 is 1.62 bits per heavy atom. The zero-order valence-corrected chi connectivity index (χ0v) is 8.74. The Balaban J connectivity index is 2.98. The van der Waals surface area contributed by atoms with Gasteiger partial charge in [0.2, 0.25) is 0 Å². The van der Waals surface area contributed by atoms with Crippen molar-refractivity contribution in [1.82, 2.24) is 0 Å². The number of amides is 1. The van der Waals surface area contributed by atoms with Crippen molar-refractivity contribution >= 4 is 21.8 Å². The summed E-state index contributed by atoms with van der Waals surface area (Å²) in [5.74, 6) is -0.486. The highest BCUT2D eigenvalue weighted by atomic mass is 79.9. The number of rotatable bonds is 3. The predicted octanol–water partition coefficient (Wildman–Crippen LogP) is 1.62. The van der Waals surface area contributed by atoms with E-state index in [0.29, 0.717) is 0 Å². The molecule has 0 aliphatic heterocycles. The SMILES string of the molecule is COC(C(N)=O)c1cccc(Br)c1. The Kier molecular flexibility index (Phi) is 3.45. The molecule has 1 atom stereocenters. The fourth-order valence-electron chi connectivity index (χ4n) is 1.09. The van der Waals surface area contributed by atoms with E-state index in [4.69, 9.17) is 10.5 Å². The van der Waals surface area contributed by atoms with Crippen LogP contribution in [0.4, 0.5) is 0 Å². The average Bonchev–Trinajstić information content (AvgIpc) is 2.04. The lowest BCUT2D eigenvalue weighted by molar-refractivity contribution is -0.128. The average molecular weight is 244 g/mol. The third kappa shape index (κ3) is 2.54. The summed E-state index contributed by atoms with van der Waals surface area (Å²) in [6, 6.07) is 7.30. The normalized spacial score (nSPS) is 12.5. The van der Waals surface area contributed by atoms with Gasteiger partial charge in [-0.3, -0.25) is 4.79 Å². The molecule has 3 nitrogen and oxygen atoms in total. The number of methoxy groups -OCH3 is 1. The molecule has 0 aliphatic carbocycles. The van der Waals surface area contributed by atoms with Gasteiger partial charge in [0.25, 0.3) is 5.91 Å². The zero-order valence-electron chi connectivity index (χ0n) is 7.16. The molecule has 1 rings (SSSR count). The number of hydrogen-bond donors (Lipinski definition) is 1. The Labute approximate surface area is 85.0 Å². The molecule has 1 amide bonds. The van der Waals surface area contributed by atoms with E-state index >= 15 is 0 Å². The van der Waals surface area contributed by atoms with Crippen LogP contribution in [0, 0.1) is 0 Å². The smallest absolute Gasteiger partial charge is 0.251 e. The molecule has 0 saturated heterocycles. The van der Waals surface area contributed by atoms with Crippen molar-refractivity contribution in [2.75, 3.05) is 7.11 Å². The van der Waals surface area contributed by atoms with Crippen LogP contribution in [-0.4, -0.2) is 13.0 Å². The van der Waals surface area contributed by atoms with E-state index in [0.717, 1.165) is 10.0 Å². The van der Waals surface area contributed by atoms with Crippen molar-refractivity contribution in [3.05, 3.63) is 34.3 Å². The van der Waals surface area contributed by atoms with Crippen LogP contribution in [0.15, 0.2) is 28.7 Å². The van der Waals surface area contributed by atoms with Gasteiger partial charge in [-0.2, -0.15) is 0 Å². The Morgan fingerprint density at radius 2 is 2.31 bits per heavy atom. The number of primary amides is 1. The molecule has 0 spiro atoms. The van der Waals surface area contributed by atoms with Crippen molar-refractivity contribution in [2.24, 2.45) is 5.73 Å². The van der Waals surface area contributed by atoms with Gasteiger partial charge in [0.15, 0.2) is 6.10 Å². The van der Waals surface area contributed by atoms with E-state index < -0.39 is 12.0 Å². The van der Waals surface area contributed by atoms with Crippen LogP contribution in [0.2, 0.25) is 0 Å². The number of carbonyl (C=O) groups excluding carboxylic acids is 1. The quantitative estimate of drug-likeness (QED) is 0.878. The standard InChI is InChI=1S/C9H10BrNO2/c1-13-8(9(11)12)6-3-2-4-7(10)5-6/h2-5,8H,1H3,(H2,11,12). The molecule has 0 aromatic heterocycles. The molecule has 2 N–H and O–H groups in total. The second-order valence-electron chi connectivity index (χ2n) is 2.57. The molecule has 1 aromatic carbocycles. The van der Waals surface area contributed by atoms with E-state index in [-0.39, 0.29) is 0 Å². The minimum absolute atomic E-state index is 0.486. The number of hydrogen-bond acceptors (Lipinski definition) is 2. The largest absolute Gasteiger partial charge is 0.367 e. The monoisotopic (exact) mass is 243 g/mol. The van der Waals surface area contributed by atoms with Gasteiger partial charge in [-0.25, -0.2) is 0 Å². The molecule has 0 aliphatic rings. The molecule has 13 heavy (non-hydrogen) atoms. The number of ether oxygens (including phenoxy) is 1. The summed E-state index contributed by atoms with van der Waals surface area (Å²) < 4.78 is 5.85. The van der Waals surface area contributed by atoms with Crippen molar-refractivity contribution in [2.45, 2.75) is 6.10 Å². The Morgan fingerprint density at radius 3 is 2.77 bits per heavy atom. The number of carbonyl (C=O) groups is 1. The van der Waals surface area contributed by atoms with Crippen LogP contribution in [0.25, 0.3) is 0 Å². The van der Waals surface area contributed by atoms with Crippen LogP contribution in [0.3, 0.4) is 0 Å². The summed E-state index contributed by atoms with van der Waals surface area (Å²) in [5.41, 5.74) is 5.90. The van der Waals surface area contributed by atoms with Crippen molar-refractivity contribution < 1.29 is 9.53 Å². The summed E-state index contributed by atoms with van der Waals surface area (Å²) >= 11 is 3.30. The minimum atomic E-state index is -0.669. The molecule has 0 saturated carbocycles. The Bertz CT molecular complexity index is 314. The first kappa shape index (κ1) is 10.2. The predicted molar refractivity (Wildman–Crippen MR) is 53.1 cm³/mol. The molecule has 0 heterocycles. The first-order valence-corrected chi connectivity index (χ1v) is 4.52. The fraction of sp³-hybridized carbons (Fsp3) is 0.222. The summed E-state index contributed by atoms with van der Waals surface area (Å²) in [6.45, 7) is 0. The van der Waals surface area contributed by atoms with E-state index in [9.17, 15) is 4.79 Å². The molecule has 70 valence electrons. The molecule has 1 unspecified atom stereocenters. The van der Waals surface area contributed by atoms with Crippen LogP contribution in [-0.2, 0) is 9.53 Å². The summed E-state index contributed by atoms with van der Waals surface area (Å²) in [7, 11) is 1.45. The maximum absolute atomic E-state index is 10.9. The van der Waals surface area contributed by atoms with Crippen molar-refractivity contribution in [3.8, 4) is 0 Å². The van der Waals surface area contributed by atoms with Gasteiger partial charge < -0.3 is 10.5 Å². The van der Waals surface area contributed by atoms with E-state index in [1.54, 1.807) is 12.1 Å². The van der Waals surface area contributed by atoms with E-state index in [1.165, 1.54) is 7.11 Å². The van der Waals surface area contributed by atoms with Gasteiger partial charge in [0.05, 0.1) is 0 Å². The minimum Gasteiger partial charge on any atom is -0.367 e.